The topological polar surface area (TPSA) is 75.4 Å². The zero-order chi connectivity index (χ0) is 11.6. The molecule has 1 atom stereocenters. The summed E-state index contributed by atoms with van der Waals surface area (Å²) in [5, 5.41) is 11.9. The number of phenolic OH excluding ortho intramolecular Hbond substituents is 1. The van der Waals surface area contributed by atoms with Crippen LogP contribution in [0.2, 0.25) is 10.0 Å². The minimum Gasteiger partial charge on any atom is -0.505 e. The van der Waals surface area contributed by atoms with Crippen LogP contribution in [0.3, 0.4) is 0 Å². The van der Waals surface area contributed by atoms with Gasteiger partial charge in [-0.15, -0.1) is 0 Å². The van der Waals surface area contributed by atoms with Crippen molar-refractivity contribution in [2.24, 2.45) is 5.73 Å². The normalized spacial score (nSPS) is 12.3. The van der Waals surface area contributed by atoms with Gasteiger partial charge in [0.1, 0.15) is 0 Å². The smallest absolute Gasteiger partial charge is 0.241 e. The number of nitrogens with one attached hydrogen (secondary N) is 1. The van der Waals surface area contributed by atoms with Crippen molar-refractivity contribution >= 4 is 34.8 Å². The number of aromatic hydroxyl groups is 1. The summed E-state index contributed by atoms with van der Waals surface area (Å²) < 4.78 is 0. The van der Waals surface area contributed by atoms with Gasteiger partial charge in [0.05, 0.1) is 16.1 Å². The van der Waals surface area contributed by atoms with E-state index in [0.29, 0.717) is 5.69 Å². The highest BCUT2D eigenvalue weighted by Crippen LogP contribution is 2.34. The monoisotopic (exact) mass is 248 g/mol. The van der Waals surface area contributed by atoms with Crippen LogP contribution in [0.5, 0.6) is 5.75 Å². The van der Waals surface area contributed by atoms with Crippen LogP contribution < -0.4 is 11.1 Å². The largest absolute Gasteiger partial charge is 0.505 e. The van der Waals surface area contributed by atoms with Crippen molar-refractivity contribution in [1.82, 2.24) is 0 Å². The molecule has 0 spiro atoms. The Kier molecular flexibility index (Phi) is 3.79. The molecule has 4 nitrogen and oxygen atoms in total. The number of halogens is 2. The molecule has 1 aromatic rings. The van der Waals surface area contributed by atoms with Gasteiger partial charge < -0.3 is 16.2 Å². The molecule has 0 heterocycles. The number of rotatable bonds is 2. The molecular weight excluding hydrogens is 239 g/mol. The number of amides is 1. The van der Waals surface area contributed by atoms with Gasteiger partial charge in [0.2, 0.25) is 5.91 Å². The van der Waals surface area contributed by atoms with E-state index in [1.165, 1.54) is 12.1 Å². The first kappa shape index (κ1) is 12.1. The van der Waals surface area contributed by atoms with Gasteiger partial charge in [0, 0.05) is 5.69 Å². The second-order valence-corrected chi connectivity index (χ2v) is 3.88. The minimum atomic E-state index is -0.628. The number of nitrogens with two attached hydrogens (primary N) is 1. The van der Waals surface area contributed by atoms with Gasteiger partial charge in [-0.1, -0.05) is 23.2 Å². The van der Waals surface area contributed by atoms with Gasteiger partial charge in [-0.2, -0.15) is 0 Å². The highest BCUT2D eigenvalue weighted by atomic mass is 35.5. The first-order valence-electron chi connectivity index (χ1n) is 4.16. The molecule has 0 aliphatic carbocycles. The summed E-state index contributed by atoms with van der Waals surface area (Å²) >= 11 is 11.3. The third kappa shape index (κ3) is 2.99. The van der Waals surface area contributed by atoms with E-state index in [2.05, 4.69) is 5.32 Å². The van der Waals surface area contributed by atoms with Crippen LogP contribution in [0.25, 0.3) is 0 Å². The van der Waals surface area contributed by atoms with Crippen LogP contribution in [0.15, 0.2) is 12.1 Å². The molecule has 0 bridgehead atoms. The Morgan fingerprint density at radius 1 is 1.47 bits per heavy atom. The van der Waals surface area contributed by atoms with Gasteiger partial charge >= 0.3 is 0 Å². The van der Waals surface area contributed by atoms with Gasteiger partial charge in [0.15, 0.2) is 5.75 Å². The fourth-order valence-electron chi connectivity index (χ4n) is 0.894. The quantitative estimate of drug-likeness (QED) is 0.701. The molecule has 0 aromatic heterocycles. The van der Waals surface area contributed by atoms with Crippen LogP contribution in [0.4, 0.5) is 5.69 Å². The van der Waals surface area contributed by atoms with Crippen molar-refractivity contribution in [2.75, 3.05) is 5.32 Å². The number of carbonyl (C=O) groups is 1. The molecule has 0 aliphatic heterocycles. The van der Waals surface area contributed by atoms with Gasteiger partial charge in [-0.3, -0.25) is 4.79 Å². The number of hydrogen-bond acceptors (Lipinski definition) is 3. The molecule has 4 N–H and O–H groups in total. The van der Waals surface area contributed by atoms with E-state index < -0.39 is 6.04 Å². The van der Waals surface area contributed by atoms with E-state index in [1.54, 1.807) is 6.92 Å². The molecule has 0 saturated carbocycles. The second kappa shape index (κ2) is 4.70. The van der Waals surface area contributed by atoms with Crippen molar-refractivity contribution in [3.8, 4) is 5.75 Å². The molecular formula is C9H10Cl2N2O2. The summed E-state index contributed by atoms with van der Waals surface area (Å²) in [7, 11) is 0. The third-order valence-corrected chi connectivity index (χ3v) is 2.27. The van der Waals surface area contributed by atoms with Crippen LogP contribution in [0.1, 0.15) is 6.92 Å². The maximum atomic E-state index is 11.2. The van der Waals surface area contributed by atoms with E-state index in [1.807, 2.05) is 0 Å². The highest BCUT2D eigenvalue weighted by Gasteiger charge is 2.11. The summed E-state index contributed by atoms with van der Waals surface area (Å²) in [6, 6.07) is 2.16. The lowest BCUT2D eigenvalue weighted by Gasteiger charge is -2.09. The fourth-order valence-corrected chi connectivity index (χ4v) is 1.38. The number of hydrogen-bond donors (Lipinski definition) is 3. The number of anilines is 1. The third-order valence-electron chi connectivity index (χ3n) is 1.70. The van der Waals surface area contributed by atoms with Crippen molar-refractivity contribution < 1.29 is 9.90 Å². The van der Waals surface area contributed by atoms with E-state index in [0.717, 1.165) is 0 Å². The van der Waals surface area contributed by atoms with Gasteiger partial charge in [-0.25, -0.2) is 0 Å². The van der Waals surface area contributed by atoms with E-state index in [4.69, 9.17) is 28.9 Å². The molecule has 6 heteroatoms. The molecule has 82 valence electrons. The van der Waals surface area contributed by atoms with E-state index >= 15 is 0 Å². The van der Waals surface area contributed by atoms with Crippen LogP contribution in [-0.4, -0.2) is 17.1 Å². The molecule has 0 saturated heterocycles. The molecule has 1 aromatic carbocycles. The van der Waals surface area contributed by atoms with E-state index in [-0.39, 0.29) is 21.7 Å². The number of carbonyl (C=O) groups excluding carboxylic acids is 1. The molecule has 0 aliphatic rings. The molecule has 0 fully saturated rings. The average Bonchev–Trinajstić information content (AvgIpc) is 2.13. The SMILES string of the molecule is C[C@H](N)C(=O)Nc1cc(Cl)c(O)c(Cl)c1. The number of phenols is 1. The van der Waals surface area contributed by atoms with Crippen LogP contribution in [0, 0.1) is 0 Å². The lowest BCUT2D eigenvalue weighted by Crippen LogP contribution is -2.32. The minimum absolute atomic E-state index is 0.0717. The van der Waals surface area contributed by atoms with Crippen molar-refractivity contribution in [2.45, 2.75) is 13.0 Å². The summed E-state index contributed by atoms with van der Waals surface area (Å²) in [6.45, 7) is 1.55. The zero-order valence-electron chi connectivity index (χ0n) is 7.92. The lowest BCUT2D eigenvalue weighted by molar-refractivity contribution is -0.117. The molecule has 15 heavy (non-hydrogen) atoms. The highest BCUT2D eigenvalue weighted by molar-refractivity contribution is 6.37. The molecule has 1 rings (SSSR count). The Morgan fingerprint density at radius 2 is 1.93 bits per heavy atom. The Balaban J connectivity index is 2.93. The Hall–Kier alpha value is -0.970. The van der Waals surface area contributed by atoms with Crippen molar-refractivity contribution in [1.29, 1.82) is 0 Å². The summed E-state index contributed by atoms with van der Waals surface area (Å²) in [5.74, 6) is -0.565. The Bertz CT molecular complexity index is 371. The van der Waals surface area contributed by atoms with Crippen molar-refractivity contribution in [3.05, 3.63) is 22.2 Å². The van der Waals surface area contributed by atoms with Crippen LogP contribution in [-0.2, 0) is 4.79 Å². The summed E-state index contributed by atoms with van der Waals surface area (Å²) in [5.41, 5.74) is 5.76. The second-order valence-electron chi connectivity index (χ2n) is 3.07. The number of benzene rings is 1. The average molecular weight is 249 g/mol. The molecule has 0 unspecified atom stereocenters. The van der Waals surface area contributed by atoms with Crippen molar-refractivity contribution in [3.63, 3.8) is 0 Å². The molecule has 0 radical (unpaired) electrons. The fraction of sp³-hybridized carbons (Fsp3) is 0.222. The van der Waals surface area contributed by atoms with Gasteiger partial charge in [-0.05, 0) is 19.1 Å². The Morgan fingerprint density at radius 3 is 2.33 bits per heavy atom. The standard InChI is InChI=1S/C9H10Cl2N2O2/c1-4(12)9(15)13-5-2-6(10)8(14)7(11)3-5/h2-4,14H,12H2,1H3,(H,13,15)/t4-/m0/s1. The van der Waals surface area contributed by atoms with Gasteiger partial charge in [0.25, 0.3) is 0 Å². The predicted molar refractivity (Wildman–Crippen MR) is 60.4 cm³/mol. The first-order valence-corrected chi connectivity index (χ1v) is 4.92. The summed E-state index contributed by atoms with van der Waals surface area (Å²) in [4.78, 5) is 11.2. The zero-order valence-corrected chi connectivity index (χ0v) is 9.43. The first-order chi connectivity index (χ1) is 6.91. The Labute approximate surface area is 97.0 Å². The lowest BCUT2D eigenvalue weighted by atomic mass is 10.2. The molecule has 1 amide bonds. The van der Waals surface area contributed by atoms with Crippen LogP contribution >= 0.6 is 23.2 Å². The summed E-state index contributed by atoms with van der Waals surface area (Å²) in [6.07, 6.45) is 0. The maximum Gasteiger partial charge on any atom is 0.241 e. The van der Waals surface area contributed by atoms with E-state index in [9.17, 15) is 9.90 Å². The predicted octanol–water partition coefficient (Wildman–Crippen LogP) is 1.98. The maximum absolute atomic E-state index is 11.2.